The van der Waals surface area contributed by atoms with Crippen LogP contribution >= 0.6 is 0 Å². The summed E-state index contributed by atoms with van der Waals surface area (Å²) < 4.78 is 5.91. The molecule has 20 heavy (non-hydrogen) atoms. The second-order valence-electron chi connectivity index (χ2n) is 6.07. The Kier molecular flexibility index (Phi) is 4.51. The Morgan fingerprint density at radius 2 is 2.10 bits per heavy atom. The molecule has 4 nitrogen and oxygen atoms in total. The highest BCUT2D eigenvalue weighted by Gasteiger charge is 2.40. The number of unbranched alkanes of at least 4 members (excludes halogenated alkanes) is 3. The summed E-state index contributed by atoms with van der Waals surface area (Å²) >= 11 is 0. The second-order valence-corrected chi connectivity index (χ2v) is 6.07. The Labute approximate surface area is 121 Å². The molecule has 0 spiro atoms. The molecule has 1 aromatic heterocycles. The van der Waals surface area contributed by atoms with Gasteiger partial charge in [-0.1, -0.05) is 26.2 Å². The van der Waals surface area contributed by atoms with Crippen molar-refractivity contribution in [2.24, 2.45) is 5.92 Å². The molecule has 2 aliphatic rings. The summed E-state index contributed by atoms with van der Waals surface area (Å²) in [5.41, 5.74) is 1.09. The molecule has 0 N–H and O–H groups in total. The first kappa shape index (κ1) is 13.8. The van der Waals surface area contributed by atoms with Crippen LogP contribution in [-0.4, -0.2) is 41.1 Å². The predicted octanol–water partition coefficient (Wildman–Crippen LogP) is 2.85. The largest absolute Gasteiger partial charge is 0.476 e. The monoisotopic (exact) mass is 275 g/mol. The average molecular weight is 275 g/mol. The van der Waals surface area contributed by atoms with Crippen molar-refractivity contribution in [3.8, 4) is 5.88 Å². The highest BCUT2D eigenvalue weighted by atomic mass is 16.5. The first-order valence-corrected chi connectivity index (χ1v) is 8.04. The zero-order chi connectivity index (χ0) is 13.8. The SMILES string of the molecule is CCCCCCOc1nccnc1[C@H]1CN2CCC1C2. The molecule has 0 radical (unpaired) electrons. The lowest BCUT2D eigenvalue weighted by atomic mass is 9.90. The number of ether oxygens (including phenoxy) is 1. The summed E-state index contributed by atoms with van der Waals surface area (Å²) in [6.07, 6.45) is 9.76. The Bertz CT molecular complexity index is 437. The van der Waals surface area contributed by atoms with Crippen molar-refractivity contribution in [1.29, 1.82) is 0 Å². The van der Waals surface area contributed by atoms with Gasteiger partial charge in [-0.2, -0.15) is 0 Å². The molecule has 3 atom stereocenters. The summed E-state index contributed by atoms with van der Waals surface area (Å²) in [4.78, 5) is 11.5. The summed E-state index contributed by atoms with van der Waals surface area (Å²) in [6.45, 7) is 6.63. The summed E-state index contributed by atoms with van der Waals surface area (Å²) in [5.74, 6) is 2.07. The average Bonchev–Trinajstić information content (AvgIpc) is 3.10. The van der Waals surface area contributed by atoms with E-state index in [1.807, 2.05) is 0 Å². The highest BCUT2D eigenvalue weighted by Crippen LogP contribution is 2.41. The quantitative estimate of drug-likeness (QED) is 0.717. The van der Waals surface area contributed by atoms with Gasteiger partial charge >= 0.3 is 0 Å². The van der Waals surface area contributed by atoms with Gasteiger partial charge in [0.1, 0.15) is 5.69 Å². The number of rotatable bonds is 7. The molecule has 2 fully saturated rings. The Morgan fingerprint density at radius 1 is 1.20 bits per heavy atom. The number of aromatic nitrogens is 2. The first-order valence-electron chi connectivity index (χ1n) is 8.04. The molecule has 0 amide bonds. The third-order valence-electron chi connectivity index (χ3n) is 4.61. The molecule has 110 valence electrons. The predicted molar refractivity (Wildman–Crippen MR) is 79.0 cm³/mol. The molecule has 2 bridgehead atoms. The van der Waals surface area contributed by atoms with Gasteiger partial charge in [0.25, 0.3) is 0 Å². The molecular formula is C16H25N3O. The van der Waals surface area contributed by atoms with Gasteiger partial charge in [0, 0.05) is 31.4 Å². The third-order valence-corrected chi connectivity index (χ3v) is 4.61. The van der Waals surface area contributed by atoms with E-state index < -0.39 is 0 Å². The fourth-order valence-electron chi connectivity index (χ4n) is 3.49. The number of nitrogens with zero attached hydrogens (tertiary/aromatic N) is 3. The Balaban J connectivity index is 1.60. The summed E-state index contributed by atoms with van der Waals surface area (Å²) in [5, 5.41) is 0. The molecule has 4 heteroatoms. The van der Waals surface area contributed by atoms with Crippen molar-refractivity contribution in [2.45, 2.75) is 44.9 Å². The summed E-state index contributed by atoms with van der Waals surface area (Å²) in [7, 11) is 0. The maximum absolute atomic E-state index is 5.91. The van der Waals surface area contributed by atoms with E-state index in [1.54, 1.807) is 12.4 Å². The fraction of sp³-hybridized carbons (Fsp3) is 0.750. The standard InChI is InChI=1S/C16H25N3O/c1-2-3-4-5-10-20-16-15(17-7-8-18-16)14-12-19-9-6-13(14)11-19/h7-8,13-14H,2-6,9-12H2,1H3/t13?,14-/m0/s1. The van der Waals surface area contributed by atoms with E-state index in [2.05, 4.69) is 21.8 Å². The lowest BCUT2D eigenvalue weighted by molar-refractivity contribution is 0.279. The van der Waals surface area contributed by atoms with Gasteiger partial charge < -0.3 is 9.64 Å². The molecule has 0 aromatic carbocycles. The second kappa shape index (κ2) is 6.53. The number of fused-ring (bicyclic) bond motifs is 2. The van der Waals surface area contributed by atoms with Gasteiger partial charge in [0.05, 0.1) is 6.61 Å². The Hall–Kier alpha value is -1.16. The van der Waals surface area contributed by atoms with Gasteiger partial charge in [0.15, 0.2) is 0 Å². The molecule has 2 unspecified atom stereocenters. The minimum atomic E-state index is 0.531. The van der Waals surface area contributed by atoms with Crippen LogP contribution < -0.4 is 4.74 Å². The van der Waals surface area contributed by atoms with Crippen LogP contribution in [0.15, 0.2) is 12.4 Å². The van der Waals surface area contributed by atoms with Gasteiger partial charge in [-0.3, -0.25) is 4.98 Å². The van der Waals surface area contributed by atoms with Crippen molar-refractivity contribution in [3.63, 3.8) is 0 Å². The van der Waals surface area contributed by atoms with Crippen LogP contribution in [-0.2, 0) is 0 Å². The van der Waals surface area contributed by atoms with E-state index in [0.29, 0.717) is 5.92 Å². The lowest BCUT2D eigenvalue weighted by Gasteiger charge is -2.22. The minimum Gasteiger partial charge on any atom is -0.476 e. The van der Waals surface area contributed by atoms with Gasteiger partial charge in [-0.25, -0.2) is 4.98 Å². The van der Waals surface area contributed by atoms with Crippen LogP contribution in [0.5, 0.6) is 5.88 Å². The normalized spacial score (nSPS) is 27.9. The molecule has 0 saturated carbocycles. The van der Waals surface area contributed by atoms with Crippen molar-refractivity contribution in [2.75, 3.05) is 26.2 Å². The van der Waals surface area contributed by atoms with E-state index in [9.17, 15) is 0 Å². The van der Waals surface area contributed by atoms with E-state index in [-0.39, 0.29) is 0 Å². The zero-order valence-electron chi connectivity index (χ0n) is 12.4. The molecule has 3 heterocycles. The molecule has 3 rings (SSSR count). The molecule has 1 aromatic rings. The Morgan fingerprint density at radius 3 is 2.85 bits per heavy atom. The van der Waals surface area contributed by atoms with Crippen molar-refractivity contribution in [1.82, 2.24) is 14.9 Å². The molecule has 2 aliphatic heterocycles. The van der Waals surface area contributed by atoms with Crippen LogP contribution in [0.2, 0.25) is 0 Å². The number of hydrogen-bond acceptors (Lipinski definition) is 4. The van der Waals surface area contributed by atoms with E-state index >= 15 is 0 Å². The molecule has 2 saturated heterocycles. The van der Waals surface area contributed by atoms with Crippen LogP contribution in [0.4, 0.5) is 0 Å². The minimum absolute atomic E-state index is 0.531. The van der Waals surface area contributed by atoms with Gasteiger partial charge in [-0.05, 0) is 25.3 Å². The van der Waals surface area contributed by atoms with Crippen molar-refractivity contribution < 1.29 is 4.74 Å². The summed E-state index contributed by atoms with van der Waals surface area (Å²) in [6, 6.07) is 0. The first-order chi connectivity index (χ1) is 9.88. The number of hydrogen-bond donors (Lipinski definition) is 0. The third kappa shape index (κ3) is 2.95. The topological polar surface area (TPSA) is 38.3 Å². The molecule has 0 aliphatic carbocycles. The van der Waals surface area contributed by atoms with Crippen LogP contribution in [0, 0.1) is 5.92 Å². The zero-order valence-corrected chi connectivity index (χ0v) is 12.4. The number of piperidine rings is 1. The highest BCUT2D eigenvalue weighted by molar-refractivity contribution is 5.25. The van der Waals surface area contributed by atoms with Crippen molar-refractivity contribution in [3.05, 3.63) is 18.1 Å². The van der Waals surface area contributed by atoms with E-state index in [1.165, 1.54) is 38.8 Å². The van der Waals surface area contributed by atoms with Gasteiger partial charge in [-0.15, -0.1) is 0 Å². The van der Waals surface area contributed by atoms with Crippen LogP contribution in [0.3, 0.4) is 0 Å². The molecular weight excluding hydrogens is 250 g/mol. The maximum atomic E-state index is 5.91. The smallest absolute Gasteiger partial charge is 0.235 e. The van der Waals surface area contributed by atoms with E-state index in [4.69, 9.17) is 4.74 Å². The van der Waals surface area contributed by atoms with Crippen molar-refractivity contribution >= 4 is 0 Å². The maximum Gasteiger partial charge on any atom is 0.235 e. The lowest BCUT2D eigenvalue weighted by Crippen LogP contribution is -2.23. The van der Waals surface area contributed by atoms with E-state index in [0.717, 1.165) is 37.1 Å². The van der Waals surface area contributed by atoms with Gasteiger partial charge in [0.2, 0.25) is 5.88 Å². The fourth-order valence-corrected chi connectivity index (χ4v) is 3.49. The van der Waals surface area contributed by atoms with Crippen LogP contribution in [0.1, 0.15) is 50.6 Å². The van der Waals surface area contributed by atoms with Crippen LogP contribution in [0.25, 0.3) is 0 Å².